The van der Waals surface area contributed by atoms with E-state index in [4.69, 9.17) is 34.8 Å². The van der Waals surface area contributed by atoms with E-state index in [0.29, 0.717) is 35.5 Å². The fourth-order valence-electron chi connectivity index (χ4n) is 5.51. The molecule has 1 aliphatic carbocycles. The maximum atomic E-state index is 14.1. The number of anilines is 1. The number of amides is 3. The minimum absolute atomic E-state index is 0.0165. The zero-order chi connectivity index (χ0) is 31.5. The summed E-state index contributed by atoms with van der Waals surface area (Å²) < 4.78 is 28.2. The third-order valence-electron chi connectivity index (χ3n) is 7.87. The Labute approximate surface area is 269 Å². The highest BCUT2D eigenvalue weighted by molar-refractivity contribution is 7.99. The van der Waals surface area contributed by atoms with Crippen LogP contribution in [-0.4, -0.2) is 56.1 Å². The van der Waals surface area contributed by atoms with Crippen molar-refractivity contribution in [3.8, 4) is 5.75 Å². The first-order chi connectivity index (χ1) is 20.9. The van der Waals surface area contributed by atoms with Gasteiger partial charge in [-0.2, -0.15) is 8.78 Å². The summed E-state index contributed by atoms with van der Waals surface area (Å²) in [6.07, 6.45) is 2.67. The van der Waals surface area contributed by atoms with Gasteiger partial charge in [0.25, 0.3) is 11.5 Å². The summed E-state index contributed by atoms with van der Waals surface area (Å²) in [5, 5.41) is 16.7. The molecule has 232 valence electrons. The fourth-order valence-corrected chi connectivity index (χ4v) is 7.34. The number of phenolic OH excluding ortho intramolecular Hbond substituents is 1. The molecule has 0 radical (unpaired) electrons. The zero-order valence-corrected chi connectivity index (χ0v) is 26.0. The molecular weight excluding hydrogens is 661 g/mol. The van der Waals surface area contributed by atoms with E-state index in [-0.39, 0.29) is 50.7 Å². The molecule has 3 heterocycles. The van der Waals surface area contributed by atoms with Crippen LogP contribution < -0.4 is 10.5 Å². The summed E-state index contributed by atoms with van der Waals surface area (Å²) >= 11 is 18.7. The number of fused-ring (bicyclic) bond motifs is 1. The average Bonchev–Trinajstić information content (AvgIpc) is 3.73. The number of aliphatic hydroxyl groups excluding tert-OH is 1. The predicted molar refractivity (Wildman–Crippen MR) is 162 cm³/mol. The van der Waals surface area contributed by atoms with E-state index in [0.717, 1.165) is 37.1 Å². The fraction of sp³-hybridized carbons (Fsp3) is 0.345. The van der Waals surface area contributed by atoms with Gasteiger partial charge in [0.2, 0.25) is 0 Å². The van der Waals surface area contributed by atoms with Crippen molar-refractivity contribution in [1.82, 2.24) is 14.8 Å². The molecular formula is C29H25Cl3F2N4O5S. The molecule has 1 saturated heterocycles. The zero-order valence-electron chi connectivity index (χ0n) is 22.9. The quantitative estimate of drug-likeness (QED) is 0.253. The van der Waals surface area contributed by atoms with Gasteiger partial charge in [0.05, 0.1) is 22.3 Å². The molecule has 9 nitrogen and oxygen atoms in total. The number of H-pyrrole nitrogens is 1. The molecule has 1 saturated carbocycles. The SMILES string of the molecule is O=C(c1c(Sc2c(Cl)ccc(CO)c2Cl)cc(C(F)(F)Cl)[nH]c1=O)N1Cc2cc(O)c(N3CCCN(C4CC4)C3=O)cc2C1. The first-order valence-corrected chi connectivity index (χ1v) is 15.6. The van der Waals surface area contributed by atoms with Gasteiger partial charge in [-0.15, -0.1) is 0 Å². The molecule has 0 bridgehead atoms. The maximum Gasteiger partial charge on any atom is 0.362 e. The number of phenols is 1. The highest BCUT2D eigenvalue weighted by Crippen LogP contribution is 2.44. The highest BCUT2D eigenvalue weighted by atomic mass is 35.5. The first-order valence-electron chi connectivity index (χ1n) is 13.7. The summed E-state index contributed by atoms with van der Waals surface area (Å²) in [6, 6.07) is 7.05. The summed E-state index contributed by atoms with van der Waals surface area (Å²) in [5.41, 5.74) is -0.552. The lowest BCUT2D eigenvalue weighted by Gasteiger charge is -2.36. The Kier molecular flexibility index (Phi) is 8.25. The number of nitrogens with zero attached hydrogens (tertiary/aromatic N) is 3. The molecule has 15 heteroatoms. The van der Waals surface area contributed by atoms with Crippen molar-refractivity contribution in [3.05, 3.63) is 78.7 Å². The average molecular weight is 686 g/mol. The molecule has 3 N–H and O–H groups in total. The van der Waals surface area contributed by atoms with E-state index in [1.165, 1.54) is 23.1 Å². The van der Waals surface area contributed by atoms with Crippen LogP contribution in [0.25, 0.3) is 0 Å². The summed E-state index contributed by atoms with van der Waals surface area (Å²) in [5.74, 6) is -0.880. The Morgan fingerprint density at radius 1 is 1.09 bits per heavy atom. The lowest BCUT2D eigenvalue weighted by Crippen LogP contribution is -2.50. The van der Waals surface area contributed by atoms with Gasteiger partial charge in [-0.05, 0) is 71.8 Å². The van der Waals surface area contributed by atoms with Crippen molar-refractivity contribution < 1.29 is 28.6 Å². The third-order valence-corrected chi connectivity index (χ3v) is 10.2. The van der Waals surface area contributed by atoms with Crippen LogP contribution in [0, 0.1) is 0 Å². The van der Waals surface area contributed by atoms with Gasteiger partial charge in [-0.25, -0.2) is 4.79 Å². The summed E-state index contributed by atoms with van der Waals surface area (Å²) in [7, 11) is 0. The van der Waals surface area contributed by atoms with E-state index in [1.54, 1.807) is 11.0 Å². The second-order valence-corrected chi connectivity index (χ2v) is 13.2. The van der Waals surface area contributed by atoms with Gasteiger partial charge in [0.15, 0.2) is 0 Å². The van der Waals surface area contributed by atoms with Crippen LogP contribution >= 0.6 is 46.6 Å². The number of rotatable bonds is 7. The Bertz CT molecular complexity index is 1750. The number of aromatic amines is 1. The van der Waals surface area contributed by atoms with E-state index in [2.05, 4.69) is 0 Å². The molecule has 2 fully saturated rings. The van der Waals surface area contributed by atoms with Crippen LogP contribution in [0.1, 0.15) is 52.0 Å². The van der Waals surface area contributed by atoms with Gasteiger partial charge in [-0.3, -0.25) is 14.5 Å². The lowest BCUT2D eigenvalue weighted by molar-refractivity contribution is 0.0740. The van der Waals surface area contributed by atoms with Crippen molar-refractivity contribution in [2.24, 2.45) is 0 Å². The van der Waals surface area contributed by atoms with E-state index in [9.17, 15) is 33.4 Å². The van der Waals surface area contributed by atoms with Crippen LogP contribution in [0.4, 0.5) is 19.3 Å². The minimum Gasteiger partial charge on any atom is -0.506 e. The molecule has 44 heavy (non-hydrogen) atoms. The van der Waals surface area contributed by atoms with Crippen LogP contribution in [-0.2, 0) is 25.1 Å². The first kappa shape index (κ1) is 31.0. The van der Waals surface area contributed by atoms with E-state index >= 15 is 0 Å². The smallest absolute Gasteiger partial charge is 0.362 e. The number of urea groups is 1. The molecule has 2 aromatic carbocycles. The van der Waals surface area contributed by atoms with Gasteiger partial charge < -0.3 is 25.0 Å². The topological polar surface area (TPSA) is 117 Å². The molecule has 6 rings (SSSR count). The number of benzene rings is 2. The van der Waals surface area contributed by atoms with Gasteiger partial charge in [0.1, 0.15) is 17.0 Å². The Morgan fingerprint density at radius 3 is 2.45 bits per heavy atom. The van der Waals surface area contributed by atoms with Crippen LogP contribution in [0.5, 0.6) is 5.75 Å². The predicted octanol–water partition coefficient (Wildman–Crippen LogP) is 6.27. The number of nitrogens with one attached hydrogen (secondary N) is 1. The Hall–Kier alpha value is -3.03. The minimum atomic E-state index is -3.95. The number of carbonyl (C=O) groups excluding carboxylic acids is 2. The van der Waals surface area contributed by atoms with Gasteiger partial charge in [-0.1, -0.05) is 41.0 Å². The third kappa shape index (κ3) is 5.74. The number of hydrogen-bond donors (Lipinski definition) is 3. The Balaban J connectivity index is 1.33. The molecule has 2 aliphatic heterocycles. The maximum absolute atomic E-state index is 14.1. The normalized spacial score (nSPS) is 17.0. The second-order valence-electron chi connectivity index (χ2n) is 10.8. The largest absolute Gasteiger partial charge is 0.506 e. The van der Waals surface area contributed by atoms with Crippen LogP contribution in [0.2, 0.25) is 10.0 Å². The molecule has 3 aliphatic rings. The molecule has 1 aromatic heterocycles. The molecule has 3 amide bonds. The van der Waals surface area contributed by atoms with Crippen molar-refractivity contribution in [2.75, 3.05) is 18.0 Å². The van der Waals surface area contributed by atoms with Crippen molar-refractivity contribution in [1.29, 1.82) is 0 Å². The standard InChI is InChI=1S/C29H25Cl3F2N4O5S/c30-18-5-2-14(13-39)24(31)25(18)44-21-10-22(29(32,33)34)35-26(41)23(21)27(42)36-11-15-8-19(20(40)9-16(15)12-36)38-7-1-6-37(28(38)43)17-3-4-17/h2,5,8-10,17,39-40H,1,3-4,6-7,11-13H2,(H,35,41). The van der Waals surface area contributed by atoms with Crippen LogP contribution in [0.15, 0.2) is 44.9 Å². The number of pyridine rings is 1. The van der Waals surface area contributed by atoms with Crippen LogP contribution in [0.3, 0.4) is 0 Å². The van der Waals surface area contributed by atoms with E-state index < -0.39 is 34.7 Å². The van der Waals surface area contributed by atoms with Crippen molar-refractivity contribution in [2.45, 2.75) is 60.2 Å². The van der Waals surface area contributed by atoms with Gasteiger partial charge >= 0.3 is 11.4 Å². The van der Waals surface area contributed by atoms with Crippen molar-refractivity contribution >= 4 is 64.2 Å². The number of aromatic hydroxyl groups is 1. The molecule has 3 aromatic rings. The van der Waals surface area contributed by atoms with Gasteiger partial charge in [0, 0.05) is 42.0 Å². The van der Waals surface area contributed by atoms with E-state index in [1.807, 2.05) is 9.88 Å². The Morgan fingerprint density at radius 2 is 1.80 bits per heavy atom. The number of alkyl halides is 3. The number of aromatic nitrogens is 1. The van der Waals surface area contributed by atoms with Crippen molar-refractivity contribution in [3.63, 3.8) is 0 Å². The molecule has 0 unspecified atom stereocenters. The number of aliphatic hydroxyl groups is 1. The highest BCUT2D eigenvalue weighted by Gasteiger charge is 2.39. The number of hydrogen-bond acceptors (Lipinski definition) is 6. The summed E-state index contributed by atoms with van der Waals surface area (Å²) in [6.45, 7) is 0.723. The molecule has 0 spiro atoms. The number of halogens is 5. The summed E-state index contributed by atoms with van der Waals surface area (Å²) in [4.78, 5) is 46.9. The number of carbonyl (C=O) groups is 2. The monoisotopic (exact) mass is 684 g/mol. The lowest BCUT2D eigenvalue weighted by atomic mass is 10.1. The molecule has 0 atom stereocenters. The second kappa shape index (κ2) is 11.7.